The molecule has 3 unspecified atom stereocenters. The molecule has 2 rings (SSSR count). The van der Waals surface area contributed by atoms with Crippen LogP contribution in [0.2, 0.25) is 0 Å². The summed E-state index contributed by atoms with van der Waals surface area (Å²) >= 11 is 0. The molecule has 1 amide bonds. The largest absolute Gasteiger partial charge is 0.326 e. The Hall–Kier alpha value is -1.35. The molecule has 3 nitrogen and oxygen atoms in total. The van der Waals surface area contributed by atoms with Crippen molar-refractivity contribution in [3.63, 3.8) is 0 Å². The van der Waals surface area contributed by atoms with Gasteiger partial charge in [-0.2, -0.15) is 0 Å². The molecule has 0 spiro atoms. The van der Waals surface area contributed by atoms with E-state index < -0.39 is 0 Å². The third-order valence-corrected chi connectivity index (χ3v) is 4.68. The lowest BCUT2D eigenvalue weighted by molar-refractivity contribution is -0.114. The zero-order valence-corrected chi connectivity index (χ0v) is 13.5. The summed E-state index contributed by atoms with van der Waals surface area (Å²) < 4.78 is 0. The molecule has 0 aromatic heterocycles. The van der Waals surface area contributed by atoms with E-state index >= 15 is 0 Å². The van der Waals surface area contributed by atoms with Gasteiger partial charge in [0.05, 0.1) is 0 Å². The number of amides is 1. The Bertz CT molecular complexity index is 472. The quantitative estimate of drug-likeness (QED) is 0.855. The van der Waals surface area contributed by atoms with Crippen LogP contribution in [0.3, 0.4) is 0 Å². The number of carbonyl (C=O) groups is 1. The predicted octanol–water partition coefficient (Wildman–Crippen LogP) is 4.12. The van der Waals surface area contributed by atoms with Crippen molar-refractivity contribution in [2.75, 3.05) is 11.9 Å². The smallest absolute Gasteiger partial charge is 0.221 e. The fourth-order valence-corrected chi connectivity index (χ4v) is 3.23. The van der Waals surface area contributed by atoms with Gasteiger partial charge >= 0.3 is 0 Å². The Labute approximate surface area is 128 Å². The second-order valence-corrected chi connectivity index (χ2v) is 6.46. The molecule has 3 atom stereocenters. The van der Waals surface area contributed by atoms with Gasteiger partial charge in [0.1, 0.15) is 0 Å². The highest BCUT2D eigenvalue weighted by Gasteiger charge is 2.21. The molecule has 1 aromatic rings. The maximum absolute atomic E-state index is 11.1. The molecule has 0 heterocycles. The van der Waals surface area contributed by atoms with Gasteiger partial charge in [0.25, 0.3) is 0 Å². The van der Waals surface area contributed by atoms with E-state index in [1.54, 1.807) is 6.92 Å². The third kappa shape index (κ3) is 4.85. The number of rotatable bonds is 5. The van der Waals surface area contributed by atoms with Gasteiger partial charge in [-0.1, -0.05) is 38.3 Å². The fourth-order valence-electron chi connectivity index (χ4n) is 3.23. The summed E-state index contributed by atoms with van der Waals surface area (Å²) in [5, 5.41) is 6.51. The molecule has 1 saturated carbocycles. The van der Waals surface area contributed by atoms with Gasteiger partial charge in [-0.15, -0.1) is 0 Å². The van der Waals surface area contributed by atoms with Gasteiger partial charge in [0, 0.05) is 18.7 Å². The second kappa shape index (κ2) is 7.60. The van der Waals surface area contributed by atoms with Crippen molar-refractivity contribution in [3.05, 3.63) is 29.8 Å². The van der Waals surface area contributed by atoms with Crippen LogP contribution in [0.15, 0.2) is 24.3 Å². The van der Waals surface area contributed by atoms with Crippen LogP contribution in [0.4, 0.5) is 5.69 Å². The summed E-state index contributed by atoms with van der Waals surface area (Å²) in [4.78, 5) is 11.1. The van der Waals surface area contributed by atoms with Gasteiger partial charge in [0.15, 0.2) is 0 Å². The van der Waals surface area contributed by atoms with Crippen LogP contribution in [0.1, 0.15) is 58.1 Å². The number of nitrogens with one attached hydrogen (secondary N) is 2. The summed E-state index contributed by atoms with van der Waals surface area (Å²) in [5.74, 6) is 1.62. The van der Waals surface area contributed by atoms with Crippen LogP contribution in [-0.2, 0) is 4.79 Å². The minimum Gasteiger partial charge on any atom is -0.326 e. The minimum absolute atomic E-state index is 0.0243. The first-order valence-electron chi connectivity index (χ1n) is 8.17. The lowest BCUT2D eigenvalue weighted by atomic mass is 9.80. The summed E-state index contributed by atoms with van der Waals surface area (Å²) in [6.07, 6.45) is 5.50. The Morgan fingerprint density at radius 3 is 2.81 bits per heavy atom. The molecule has 21 heavy (non-hydrogen) atoms. The Kier molecular flexibility index (Phi) is 5.80. The normalized spacial score (nSPS) is 23.6. The summed E-state index contributed by atoms with van der Waals surface area (Å²) in [7, 11) is 0. The SMILES string of the molecule is CC(=O)Nc1cccc(C(C)NCC2CCCCC2C)c1. The lowest BCUT2D eigenvalue weighted by Crippen LogP contribution is -2.31. The molecular weight excluding hydrogens is 260 g/mol. The van der Waals surface area contributed by atoms with Crippen molar-refractivity contribution in [2.45, 2.75) is 52.5 Å². The van der Waals surface area contributed by atoms with Crippen LogP contribution in [0, 0.1) is 11.8 Å². The molecule has 3 heteroatoms. The number of benzene rings is 1. The van der Waals surface area contributed by atoms with Crippen molar-refractivity contribution < 1.29 is 4.79 Å². The topological polar surface area (TPSA) is 41.1 Å². The van der Waals surface area contributed by atoms with Crippen molar-refractivity contribution in [1.82, 2.24) is 5.32 Å². The lowest BCUT2D eigenvalue weighted by Gasteiger charge is -2.30. The Morgan fingerprint density at radius 2 is 2.10 bits per heavy atom. The minimum atomic E-state index is -0.0243. The standard InChI is InChI=1S/C18H28N2O/c1-13-7-4-5-8-17(13)12-19-14(2)16-9-6-10-18(11-16)20-15(3)21/h6,9-11,13-14,17,19H,4-5,7-8,12H2,1-3H3,(H,20,21). The van der Waals surface area contributed by atoms with E-state index in [-0.39, 0.29) is 5.91 Å². The Balaban J connectivity index is 1.90. The predicted molar refractivity (Wildman–Crippen MR) is 88.3 cm³/mol. The molecule has 1 fully saturated rings. The molecule has 2 N–H and O–H groups in total. The highest BCUT2D eigenvalue weighted by Crippen LogP contribution is 2.29. The summed E-state index contributed by atoms with van der Waals surface area (Å²) in [6.45, 7) is 7.21. The van der Waals surface area contributed by atoms with Crippen LogP contribution in [0.5, 0.6) is 0 Å². The van der Waals surface area contributed by atoms with E-state index in [2.05, 4.69) is 36.6 Å². The van der Waals surface area contributed by atoms with Gasteiger partial charge in [0.2, 0.25) is 5.91 Å². The molecule has 0 bridgehead atoms. The molecule has 1 aromatic carbocycles. The number of hydrogen-bond acceptors (Lipinski definition) is 2. The molecule has 116 valence electrons. The maximum Gasteiger partial charge on any atom is 0.221 e. The maximum atomic E-state index is 11.1. The molecule has 0 radical (unpaired) electrons. The van der Waals surface area contributed by atoms with Gasteiger partial charge < -0.3 is 10.6 Å². The summed E-state index contributed by atoms with van der Waals surface area (Å²) in [6, 6.07) is 8.42. The molecule has 1 aliphatic rings. The Morgan fingerprint density at radius 1 is 1.33 bits per heavy atom. The van der Waals surface area contributed by atoms with E-state index in [9.17, 15) is 4.79 Å². The van der Waals surface area contributed by atoms with E-state index in [4.69, 9.17) is 0 Å². The highest BCUT2D eigenvalue weighted by atomic mass is 16.1. The molecule has 0 aliphatic heterocycles. The van der Waals surface area contributed by atoms with Crippen LogP contribution >= 0.6 is 0 Å². The fraction of sp³-hybridized carbons (Fsp3) is 0.611. The van der Waals surface area contributed by atoms with Crippen molar-refractivity contribution in [3.8, 4) is 0 Å². The van der Waals surface area contributed by atoms with Gasteiger partial charge in [-0.3, -0.25) is 4.79 Å². The monoisotopic (exact) mass is 288 g/mol. The van der Waals surface area contributed by atoms with Crippen LogP contribution in [0.25, 0.3) is 0 Å². The van der Waals surface area contributed by atoms with Gasteiger partial charge in [-0.05, 0) is 49.4 Å². The third-order valence-electron chi connectivity index (χ3n) is 4.68. The first kappa shape index (κ1) is 16.0. The molecule has 0 saturated heterocycles. The molecular formula is C18H28N2O. The number of hydrogen-bond donors (Lipinski definition) is 2. The van der Waals surface area contributed by atoms with E-state index in [0.29, 0.717) is 6.04 Å². The van der Waals surface area contributed by atoms with E-state index in [1.807, 2.05) is 12.1 Å². The first-order chi connectivity index (χ1) is 10.1. The average Bonchev–Trinajstić information content (AvgIpc) is 2.45. The second-order valence-electron chi connectivity index (χ2n) is 6.46. The van der Waals surface area contributed by atoms with Crippen LogP contribution in [-0.4, -0.2) is 12.5 Å². The van der Waals surface area contributed by atoms with E-state index in [0.717, 1.165) is 24.1 Å². The first-order valence-corrected chi connectivity index (χ1v) is 8.17. The van der Waals surface area contributed by atoms with Crippen molar-refractivity contribution in [1.29, 1.82) is 0 Å². The van der Waals surface area contributed by atoms with Crippen molar-refractivity contribution >= 4 is 11.6 Å². The van der Waals surface area contributed by atoms with Gasteiger partial charge in [-0.25, -0.2) is 0 Å². The number of carbonyl (C=O) groups excluding carboxylic acids is 1. The van der Waals surface area contributed by atoms with Crippen LogP contribution < -0.4 is 10.6 Å². The zero-order chi connectivity index (χ0) is 15.2. The zero-order valence-electron chi connectivity index (χ0n) is 13.5. The van der Waals surface area contributed by atoms with E-state index in [1.165, 1.54) is 31.2 Å². The highest BCUT2D eigenvalue weighted by molar-refractivity contribution is 5.88. The summed E-state index contributed by atoms with van der Waals surface area (Å²) in [5.41, 5.74) is 2.10. The molecule has 1 aliphatic carbocycles. The average molecular weight is 288 g/mol. The number of anilines is 1. The van der Waals surface area contributed by atoms with Crippen molar-refractivity contribution in [2.24, 2.45) is 11.8 Å².